The first-order chi connectivity index (χ1) is 11.2. The Balaban J connectivity index is 1.92. The fraction of sp³-hybridized carbons (Fsp3) is 0.471. The molecule has 1 N–H and O–H groups in total. The first-order valence-electron chi connectivity index (χ1n) is 7.82. The van der Waals surface area contributed by atoms with E-state index < -0.39 is 17.8 Å². The van der Waals surface area contributed by atoms with Gasteiger partial charge in [0.05, 0.1) is 11.7 Å². The highest BCUT2D eigenvalue weighted by Gasteiger charge is 2.32. The number of aliphatic hydroxyl groups excluding tert-OH is 1. The smallest absolute Gasteiger partial charge is 0.393 e. The summed E-state index contributed by atoms with van der Waals surface area (Å²) in [7, 11) is 1.67. The molecule has 1 saturated heterocycles. The lowest BCUT2D eigenvalue weighted by Gasteiger charge is -2.18. The van der Waals surface area contributed by atoms with Crippen molar-refractivity contribution in [3.8, 4) is 0 Å². The van der Waals surface area contributed by atoms with Crippen LogP contribution in [0.25, 0.3) is 10.9 Å². The van der Waals surface area contributed by atoms with Crippen LogP contribution in [0.4, 0.5) is 13.2 Å². The number of hydrogen-bond donors (Lipinski definition) is 1. The predicted molar refractivity (Wildman–Crippen MR) is 83.6 cm³/mol. The summed E-state index contributed by atoms with van der Waals surface area (Å²) in [4.78, 5) is 14.3. The van der Waals surface area contributed by atoms with Crippen LogP contribution in [0.3, 0.4) is 0 Å². The SMILES string of the molecule is CC(O)C1CCN(C(=O)c2cc3cc(C(F)(F)F)ccc3n2C)C1. The molecule has 1 amide bonds. The molecule has 1 aliphatic heterocycles. The average Bonchev–Trinajstić information content (AvgIpc) is 3.11. The Labute approximate surface area is 137 Å². The minimum atomic E-state index is -4.41. The van der Waals surface area contributed by atoms with E-state index in [0.29, 0.717) is 29.7 Å². The van der Waals surface area contributed by atoms with E-state index in [0.717, 1.165) is 18.6 Å². The molecule has 0 radical (unpaired) electrons. The Bertz CT molecular complexity index is 780. The first kappa shape index (κ1) is 16.8. The summed E-state index contributed by atoms with van der Waals surface area (Å²) in [5.41, 5.74) is 0.211. The van der Waals surface area contributed by atoms with Crippen LogP contribution in [0.15, 0.2) is 24.3 Å². The first-order valence-corrected chi connectivity index (χ1v) is 7.82. The van der Waals surface area contributed by atoms with E-state index >= 15 is 0 Å². The van der Waals surface area contributed by atoms with E-state index in [9.17, 15) is 23.1 Å². The summed E-state index contributed by atoms with van der Waals surface area (Å²) in [6.45, 7) is 2.71. The molecule has 2 aromatic rings. The highest BCUT2D eigenvalue weighted by atomic mass is 19.4. The summed E-state index contributed by atoms with van der Waals surface area (Å²) in [6.07, 6.45) is -4.16. The van der Waals surface area contributed by atoms with Crippen LogP contribution in [0.1, 0.15) is 29.4 Å². The molecule has 0 bridgehead atoms. The number of aromatic nitrogens is 1. The molecule has 24 heavy (non-hydrogen) atoms. The largest absolute Gasteiger partial charge is 0.416 e. The number of hydrogen-bond acceptors (Lipinski definition) is 2. The van der Waals surface area contributed by atoms with E-state index in [-0.39, 0.29) is 11.8 Å². The van der Waals surface area contributed by atoms with Crippen molar-refractivity contribution in [3.63, 3.8) is 0 Å². The van der Waals surface area contributed by atoms with Crippen molar-refractivity contribution in [1.29, 1.82) is 0 Å². The third kappa shape index (κ3) is 2.88. The van der Waals surface area contributed by atoms with E-state index in [1.165, 1.54) is 12.1 Å². The number of carbonyl (C=O) groups is 1. The number of rotatable bonds is 2. The van der Waals surface area contributed by atoms with Crippen molar-refractivity contribution < 1.29 is 23.1 Å². The molecule has 1 aromatic heterocycles. The van der Waals surface area contributed by atoms with Gasteiger partial charge in [-0.15, -0.1) is 0 Å². The second-order valence-electron chi connectivity index (χ2n) is 6.40. The second-order valence-corrected chi connectivity index (χ2v) is 6.40. The standard InChI is InChI=1S/C17H19F3N2O2/c1-10(23)11-5-6-22(9-11)16(24)15-8-12-7-13(17(18,19)20)3-4-14(12)21(15)2/h3-4,7-8,10-11,23H,5-6,9H2,1-2H3. The van der Waals surface area contributed by atoms with Crippen molar-refractivity contribution in [1.82, 2.24) is 9.47 Å². The van der Waals surface area contributed by atoms with Crippen LogP contribution in [0.5, 0.6) is 0 Å². The molecule has 2 heterocycles. The van der Waals surface area contributed by atoms with Gasteiger partial charge in [0.15, 0.2) is 0 Å². The van der Waals surface area contributed by atoms with Crippen molar-refractivity contribution in [2.24, 2.45) is 13.0 Å². The maximum atomic E-state index is 12.8. The van der Waals surface area contributed by atoms with Gasteiger partial charge in [0.25, 0.3) is 5.91 Å². The monoisotopic (exact) mass is 340 g/mol. The highest BCUT2D eigenvalue weighted by Crippen LogP contribution is 2.32. The quantitative estimate of drug-likeness (QED) is 0.913. The van der Waals surface area contributed by atoms with Crippen LogP contribution in [-0.4, -0.2) is 39.7 Å². The zero-order chi connectivity index (χ0) is 17.6. The zero-order valence-electron chi connectivity index (χ0n) is 13.5. The van der Waals surface area contributed by atoms with Gasteiger partial charge in [-0.3, -0.25) is 4.79 Å². The number of aryl methyl sites for hydroxylation is 1. The molecule has 0 saturated carbocycles. The number of halogens is 3. The Morgan fingerprint density at radius 2 is 2.04 bits per heavy atom. The maximum absolute atomic E-state index is 12.8. The number of benzene rings is 1. The van der Waals surface area contributed by atoms with Gasteiger partial charge in [0.2, 0.25) is 0 Å². The third-order valence-corrected chi connectivity index (χ3v) is 4.78. The normalized spacial score (nSPS) is 19.9. The van der Waals surface area contributed by atoms with Gasteiger partial charge in [-0.05, 0) is 37.6 Å². The lowest BCUT2D eigenvalue weighted by atomic mass is 10.0. The maximum Gasteiger partial charge on any atom is 0.416 e. The van der Waals surface area contributed by atoms with Gasteiger partial charge in [-0.1, -0.05) is 0 Å². The number of aliphatic hydroxyl groups is 1. The van der Waals surface area contributed by atoms with Crippen molar-refractivity contribution in [2.75, 3.05) is 13.1 Å². The molecule has 4 nitrogen and oxygen atoms in total. The average molecular weight is 340 g/mol. The Hall–Kier alpha value is -2.02. The number of alkyl halides is 3. The van der Waals surface area contributed by atoms with Gasteiger partial charge in [0, 0.05) is 37.0 Å². The molecule has 0 aliphatic carbocycles. The van der Waals surface area contributed by atoms with Crippen LogP contribution >= 0.6 is 0 Å². The molecule has 1 fully saturated rings. The van der Waals surface area contributed by atoms with Gasteiger partial charge in [-0.25, -0.2) is 0 Å². The van der Waals surface area contributed by atoms with Crippen LogP contribution in [0, 0.1) is 5.92 Å². The zero-order valence-corrected chi connectivity index (χ0v) is 13.5. The minimum absolute atomic E-state index is 0.0421. The lowest BCUT2D eigenvalue weighted by Crippen LogP contribution is -2.31. The molecular weight excluding hydrogens is 321 g/mol. The van der Waals surface area contributed by atoms with Crippen LogP contribution in [0.2, 0.25) is 0 Å². The third-order valence-electron chi connectivity index (χ3n) is 4.78. The summed E-state index contributed by atoms with van der Waals surface area (Å²) in [5.74, 6) is -0.175. The van der Waals surface area contributed by atoms with Gasteiger partial charge in [0.1, 0.15) is 5.69 Å². The number of nitrogens with zero attached hydrogens (tertiary/aromatic N) is 2. The molecular formula is C17H19F3N2O2. The molecule has 3 rings (SSSR count). The Morgan fingerprint density at radius 3 is 2.62 bits per heavy atom. The second kappa shape index (κ2) is 5.81. The molecule has 1 aromatic carbocycles. The lowest BCUT2D eigenvalue weighted by molar-refractivity contribution is -0.137. The van der Waals surface area contributed by atoms with E-state index in [1.54, 1.807) is 23.4 Å². The fourth-order valence-electron chi connectivity index (χ4n) is 3.26. The van der Waals surface area contributed by atoms with Crippen molar-refractivity contribution >= 4 is 16.8 Å². The van der Waals surface area contributed by atoms with E-state index in [4.69, 9.17) is 0 Å². The Kier molecular flexibility index (Phi) is 4.07. The van der Waals surface area contributed by atoms with Crippen molar-refractivity contribution in [3.05, 3.63) is 35.5 Å². The molecule has 1 aliphatic rings. The molecule has 0 spiro atoms. The highest BCUT2D eigenvalue weighted by molar-refractivity contribution is 5.99. The molecule has 2 unspecified atom stereocenters. The summed E-state index contributed by atoms with van der Waals surface area (Å²) in [6, 6.07) is 4.98. The minimum Gasteiger partial charge on any atom is -0.393 e. The number of fused-ring (bicyclic) bond motifs is 1. The summed E-state index contributed by atoms with van der Waals surface area (Å²) >= 11 is 0. The van der Waals surface area contributed by atoms with Crippen molar-refractivity contribution in [2.45, 2.75) is 25.6 Å². The molecule has 130 valence electrons. The summed E-state index contributed by atoms with van der Waals surface area (Å²) in [5, 5.41) is 10.0. The fourth-order valence-corrected chi connectivity index (χ4v) is 3.26. The van der Waals surface area contributed by atoms with Crippen LogP contribution < -0.4 is 0 Å². The van der Waals surface area contributed by atoms with E-state index in [2.05, 4.69) is 0 Å². The van der Waals surface area contributed by atoms with E-state index in [1.807, 2.05) is 0 Å². The van der Waals surface area contributed by atoms with Gasteiger partial charge >= 0.3 is 6.18 Å². The topological polar surface area (TPSA) is 45.5 Å². The van der Waals surface area contributed by atoms with Gasteiger partial charge < -0.3 is 14.6 Å². The predicted octanol–water partition coefficient (Wildman–Crippen LogP) is 3.04. The molecule has 7 heteroatoms. The number of carbonyl (C=O) groups excluding carboxylic acids is 1. The number of likely N-dealkylation sites (tertiary alicyclic amines) is 1. The van der Waals surface area contributed by atoms with Gasteiger partial charge in [-0.2, -0.15) is 13.2 Å². The number of amides is 1. The summed E-state index contributed by atoms with van der Waals surface area (Å²) < 4.78 is 40.1. The van der Waals surface area contributed by atoms with Crippen LogP contribution in [-0.2, 0) is 13.2 Å². The molecule has 2 atom stereocenters. The Morgan fingerprint density at radius 1 is 1.33 bits per heavy atom.